The summed E-state index contributed by atoms with van der Waals surface area (Å²) in [5.41, 5.74) is 3.10. The lowest BCUT2D eigenvalue weighted by Gasteiger charge is -2.23. The van der Waals surface area contributed by atoms with Crippen molar-refractivity contribution in [2.24, 2.45) is 0 Å². The maximum Gasteiger partial charge on any atom is 0.0795 e. The van der Waals surface area contributed by atoms with Gasteiger partial charge in [-0.1, -0.05) is 0 Å². The van der Waals surface area contributed by atoms with Gasteiger partial charge < -0.3 is 5.32 Å². The van der Waals surface area contributed by atoms with E-state index in [4.69, 9.17) is 0 Å². The highest BCUT2D eigenvalue weighted by Crippen LogP contribution is 2.18. The van der Waals surface area contributed by atoms with Gasteiger partial charge in [-0.2, -0.15) is 0 Å². The van der Waals surface area contributed by atoms with Gasteiger partial charge in [-0.3, -0.25) is 4.90 Å². The molecule has 1 atom stereocenters. The second-order valence-corrected chi connectivity index (χ2v) is 5.83. The highest BCUT2D eigenvalue weighted by molar-refractivity contribution is 7.07. The van der Waals surface area contributed by atoms with Crippen LogP contribution in [0.3, 0.4) is 0 Å². The van der Waals surface area contributed by atoms with E-state index in [9.17, 15) is 0 Å². The van der Waals surface area contributed by atoms with Gasteiger partial charge in [0.1, 0.15) is 0 Å². The average Bonchev–Trinajstić information content (AvgIpc) is 3.01. The van der Waals surface area contributed by atoms with Crippen LogP contribution in [0.4, 0.5) is 0 Å². The van der Waals surface area contributed by atoms with Gasteiger partial charge in [-0.25, -0.2) is 4.98 Å². The van der Waals surface area contributed by atoms with E-state index in [0.717, 1.165) is 12.6 Å². The number of rotatable bonds is 8. The molecular weight excluding hydrogens is 230 g/mol. The quantitative estimate of drug-likeness (QED) is 0.722. The Morgan fingerprint density at radius 3 is 3.06 bits per heavy atom. The van der Waals surface area contributed by atoms with Gasteiger partial charge in [0.2, 0.25) is 0 Å². The number of aromatic nitrogens is 1. The van der Waals surface area contributed by atoms with Crippen molar-refractivity contribution in [1.29, 1.82) is 0 Å². The Bertz CT molecular complexity index is 308. The number of nitrogens with zero attached hydrogens (tertiary/aromatic N) is 2. The van der Waals surface area contributed by atoms with E-state index in [0.29, 0.717) is 6.04 Å². The van der Waals surface area contributed by atoms with Crippen molar-refractivity contribution in [1.82, 2.24) is 15.2 Å². The Kier molecular flexibility index (Phi) is 4.95. The van der Waals surface area contributed by atoms with Crippen LogP contribution in [0.15, 0.2) is 10.9 Å². The third-order valence-electron chi connectivity index (χ3n) is 3.46. The molecule has 1 aliphatic rings. The van der Waals surface area contributed by atoms with Crippen molar-refractivity contribution in [3.63, 3.8) is 0 Å². The first-order chi connectivity index (χ1) is 8.25. The molecule has 0 aliphatic heterocycles. The van der Waals surface area contributed by atoms with Crippen molar-refractivity contribution < 1.29 is 0 Å². The van der Waals surface area contributed by atoms with E-state index in [-0.39, 0.29) is 0 Å². The van der Waals surface area contributed by atoms with Crippen molar-refractivity contribution >= 4 is 11.3 Å². The molecule has 0 spiro atoms. The molecule has 1 saturated carbocycles. The highest BCUT2D eigenvalue weighted by Gasteiger charge is 2.19. The molecule has 1 aromatic rings. The fourth-order valence-corrected chi connectivity index (χ4v) is 2.49. The van der Waals surface area contributed by atoms with E-state index in [1.54, 1.807) is 11.3 Å². The largest absolute Gasteiger partial charge is 0.314 e. The smallest absolute Gasteiger partial charge is 0.0795 e. The molecule has 0 bridgehead atoms. The number of thiazole rings is 1. The Balaban J connectivity index is 1.58. The van der Waals surface area contributed by atoms with Crippen LogP contribution < -0.4 is 5.32 Å². The van der Waals surface area contributed by atoms with Crippen molar-refractivity contribution in [2.45, 2.75) is 51.2 Å². The molecule has 17 heavy (non-hydrogen) atoms. The molecule has 0 amide bonds. The molecule has 1 unspecified atom stereocenters. The van der Waals surface area contributed by atoms with Gasteiger partial charge in [0.15, 0.2) is 0 Å². The Morgan fingerprint density at radius 2 is 2.41 bits per heavy atom. The molecule has 3 nitrogen and oxygen atoms in total. The third kappa shape index (κ3) is 4.74. The van der Waals surface area contributed by atoms with Crippen LogP contribution >= 0.6 is 11.3 Å². The molecule has 1 fully saturated rings. The number of hydrogen-bond donors (Lipinski definition) is 1. The summed E-state index contributed by atoms with van der Waals surface area (Å²) in [5, 5.41) is 5.70. The topological polar surface area (TPSA) is 28.2 Å². The Morgan fingerprint density at radius 1 is 1.59 bits per heavy atom. The third-order valence-corrected chi connectivity index (χ3v) is 4.09. The standard InChI is InChI=1S/C13H23N3S/c1-11(4-3-7-14-12-5-6-12)16(2)8-13-9-17-10-15-13/h9-12,14H,3-8H2,1-2H3. The van der Waals surface area contributed by atoms with Crippen LogP contribution in [-0.2, 0) is 6.54 Å². The molecule has 1 aliphatic carbocycles. The zero-order chi connectivity index (χ0) is 12.1. The molecule has 1 heterocycles. The van der Waals surface area contributed by atoms with Crippen molar-refractivity contribution in [3.05, 3.63) is 16.6 Å². The van der Waals surface area contributed by atoms with Crippen LogP contribution in [0.25, 0.3) is 0 Å². The average molecular weight is 253 g/mol. The lowest BCUT2D eigenvalue weighted by atomic mass is 10.1. The van der Waals surface area contributed by atoms with Crippen molar-refractivity contribution in [2.75, 3.05) is 13.6 Å². The van der Waals surface area contributed by atoms with Gasteiger partial charge in [0, 0.05) is 24.0 Å². The summed E-state index contributed by atoms with van der Waals surface area (Å²) in [6.07, 6.45) is 5.32. The summed E-state index contributed by atoms with van der Waals surface area (Å²) < 4.78 is 0. The van der Waals surface area contributed by atoms with E-state index < -0.39 is 0 Å². The highest BCUT2D eigenvalue weighted by atomic mass is 32.1. The predicted octanol–water partition coefficient (Wildman–Crippen LogP) is 2.50. The van der Waals surface area contributed by atoms with Gasteiger partial charge >= 0.3 is 0 Å². The van der Waals surface area contributed by atoms with E-state index in [1.807, 2.05) is 5.51 Å². The summed E-state index contributed by atoms with van der Waals surface area (Å²) >= 11 is 1.68. The van der Waals surface area contributed by atoms with Crippen LogP contribution in [-0.4, -0.2) is 35.6 Å². The van der Waals surface area contributed by atoms with Gasteiger partial charge in [-0.05, 0) is 46.2 Å². The lowest BCUT2D eigenvalue weighted by molar-refractivity contribution is 0.232. The van der Waals surface area contributed by atoms with Crippen LogP contribution in [0.2, 0.25) is 0 Å². The maximum absolute atomic E-state index is 4.33. The van der Waals surface area contributed by atoms with Crippen LogP contribution in [0, 0.1) is 0 Å². The molecule has 2 rings (SSSR count). The van der Waals surface area contributed by atoms with Gasteiger partial charge in [0.25, 0.3) is 0 Å². The first-order valence-electron chi connectivity index (χ1n) is 6.56. The van der Waals surface area contributed by atoms with Gasteiger partial charge in [-0.15, -0.1) is 11.3 Å². The second kappa shape index (κ2) is 6.47. The summed E-state index contributed by atoms with van der Waals surface area (Å²) in [6.45, 7) is 4.46. The number of nitrogens with one attached hydrogen (secondary N) is 1. The fourth-order valence-electron chi connectivity index (χ4n) is 1.94. The first kappa shape index (κ1) is 13.0. The SMILES string of the molecule is CC(CCCNC1CC1)N(C)Cc1cscn1. The monoisotopic (exact) mass is 253 g/mol. The van der Waals surface area contributed by atoms with E-state index in [1.165, 1.54) is 37.9 Å². The maximum atomic E-state index is 4.33. The minimum atomic E-state index is 0.637. The molecule has 4 heteroatoms. The minimum absolute atomic E-state index is 0.637. The zero-order valence-electron chi connectivity index (χ0n) is 10.9. The lowest BCUT2D eigenvalue weighted by Crippen LogP contribution is -2.29. The minimum Gasteiger partial charge on any atom is -0.314 e. The molecular formula is C13H23N3S. The second-order valence-electron chi connectivity index (χ2n) is 5.11. The van der Waals surface area contributed by atoms with Crippen molar-refractivity contribution in [3.8, 4) is 0 Å². The van der Waals surface area contributed by atoms with E-state index >= 15 is 0 Å². The predicted molar refractivity (Wildman–Crippen MR) is 73.3 cm³/mol. The zero-order valence-corrected chi connectivity index (χ0v) is 11.7. The molecule has 1 aromatic heterocycles. The fraction of sp³-hybridized carbons (Fsp3) is 0.769. The Labute approximate surface area is 108 Å². The Hall–Kier alpha value is -0.450. The molecule has 0 radical (unpaired) electrons. The summed E-state index contributed by atoms with van der Waals surface area (Å²) in [7, 11) is 2.19. The molecule has 0 saturated heterocycles. The first-order valence-corrected chi connectivity index (χ1v) is 7.50. The normalized spacial score (nSPS) is 17.6. The summed E-state index contributed by atoms with van der Waals surface area (Å²) in [4.78, 5) is 6.73. The van der Waals surface area contributed by atoms with Crippen LogP contribution in [0.1, 0.15) is 38.3 Å². The summed E-state index contributed by atoms with van der Waals surface area (Å²) in [6, 6.07) is 1.48. The number of hydrogen-bond acceptors (Lipinski definition) is 4. The molecule has 0 aromatic carbocycles. The molecule has 96 valence electrons. The summed E-state index contributed by atoms with van der Waals surface area (Å²) in [5.74, 6) is 0. The molecule has 1 N–H and O–H groups in total. The van der Waals surface area contributed by atoms with Gasteiger partial charge in [0.05, 0.1) is 11.2 Å². The van der Waals surface area contributed by atoms with E-state index in [2.05, 4.69) is 34.6 Å². The van der Waals surface area contributed by atoms with Crippen LogP contribution in [0.5, 0.6) is 0 Å².